The van der Waals surface area contributed by atoms with Crippen molar-refractivity contribution in [3.63, 3.8) is 0 Å². The topological polar surface area (TPSA) is 108 Å². The van der Waals surface area contributed by atoms with Crippen molar-refractivity contribution in [3.05, 3.63) is 77.4 Å². The predicted molar refractivity (Wildman–Crippen MR) is 128 cm³/mol. The Morgan fingerprint density at radius 1 is 0.882 bits per heavy atom. The summed E-state index contributed by atoms with van der Waals surface area (Å²) < 4.78 is 40.6. The molecule has 4 aromatic rings. The molecule has 0 radical (unpaired) electrons. The van der Waals surface area contributed by atoms with Crippen LogP contribution in [0.25, 0.3) is 5.82 Å². The van der Waals surface area contributed by atoms with Gasteiger partial charge >= 0.3 is 0 Å². The van der Waals surface area contributed by atoms with Gasteiger partial charge in [-0.15, -0.1) is 0 Å². The Morgan fingerprint density at radius 3 is 2.12 bits per heavy atom. The van der Waals surface area contributed by atoms with Crippen LogP contribution in [0.1, 0.15) is 22.8 Å². The highest BCUT2D eigenvalue weighted by molar-refractivity contribution is 7.92. The zero-order chi connectivity index (χ0) is 24.5. The van der Waals surface area contributed by atoms with E-state index in [-0.39, 0.29) is 4.90 Å². The van der Waals surface area contributed by atoms with E-state index >= 15 is 0 Å². The summed E-state index contributed by atoms with van der Waals surface area (Å²) in [4.78, 5) is 8.97. The van der Waals surface area contributed by atoms with E-state index in [2.05, 4.69) is 19.8 Å². The minimum absolute atomic E-state index is 0.136. The maximum atomic E-state index is 12.6. The Labute approximate surface area is 198 Å². The molecule has 1 N–H and O–H groups in total. The molecule has 176 valence electrons. The summed E-state index contributed by atoms with van der Waals surface area (Å²) in [5, 5.41) is 4.55. The summed E-state index contributed by atoms with van der Waals surface area (Å²) in [6.45, 7) is 7.74. The molecule has 10 heteroatoms. The smallest absolute Gasteiger partial charge is 0.261 e. The number of hydrogen-bond donors (Lipinski definition) is 1. The van der Waals surface area contributed by atoms with Crippen LogP contribution in [0.5, 0.6) is 17.4 Å². The summed E-state index contributed by atoms with van der Waals surface area (Å²) in [6, 6.07) is 14.4. The van der Waals surface area contributed by atoms with Crippen LogP contribution in [0.4, 0.5) is 5.69 Å². The van der Waals surface area contributed by atoms with E-state index in [0.717, 1.165) is 17.0 Å². The number of anilines is 1. The molecule has 0 aliphatic rings. The van der Waals surface area contributed by atoms with Crippen LogP contribution in [-0.4, -0.2) is 35.3 Å². The van der Waals surface area contributed by atoms with Gasteiger partial charge in [-0.1, -0.05) is 0 Å². The molecule has 0 atom stereocenters. The van der Waals surface area contributed by atoms with Crippen LogP contribution in [0.15, 0.2) is 59.5 Å². The van der Waals surface area contributed by atoms with Gasteiger partial charge in [0.1, 0.15) is 17.3 Å². The zero-order valence-electron chi connectivity index (χ0n) is 19.5. The first-order valence-corrected chi connectivity index (χ1v) is 12.0. The van der Waals surface area contributed by atoms with Gasteiger partial charge in [0.05, 0.1) is 17.7 Å². The van der Waals surface area contributed by atoms with Gasteiger partial charge in [0.25, 0.3) is 10.0 Å². The van der Waals surface area contributed by atoms with Crippen molar-refractivity contribution in [1.29, 1.82) is 0 Å². The fourth-order valence-electron chi connectivity index (χ4n) is 3.31. The molecule has 0 saturated carbocycles. The van der Waals surface area contributed by atoms with Gasteiger partial charge in [-0.05, 0) is 81.8 Å². The molecule has 0 unspecified atom stereocenters. The van der Waals surface area contributed by atoms with Crippen molar-refractivity contribution >= 4 is 15.7 Å². The van der Waals surface area contributed by atoms with Crippen molar-refractivity contribution in [2.75, 3.05) is 11.8 Å². The second-order valence-corrected chi connectivity index (χ2v) is 9.41. The molecule has 2 aromatic carbocycles. The van der Waals surface area contributed by atoms with Crippen LogP contribution in [0.2, 0.25) is 0 Å². The number of nitrogens with one attached hydrogen (secondary N) is 1. The van der Waals surface area contributed by atoms with E-state index in [9.17, 15) is 8.42 Å². The van der Waals surface area contributed by atoms with Gasteiger partial charge in [0.15, 0.2) is 5.82 Å². The molecule has 4 rings (SSSR count). The lowest BCUT2D eigenvalue weighted by Gasteiger charge is -2.11. The summed E-state index contributed by atoms with van der Waals surface area (Å²) >= 11 is 0. The first-order valence-electron chi connectivity index (χ1n) is 10.5. The predicted octanol–water partition coefficient (Wildman–Crippen LogP) is 4.50. The Bertz CT molecular complexity index is 1430. The van der Waals surface area contributed by atoms with E-state index in [0.29, 0.717) is 34.7 Å². The molecule has 0 fully saturated rings. The molecular formula is C24H25N5O4S. The van der Waals surface area contributed by atoms with Crippen molar-refractivity contribution in [3.8, 4) is 23.2 Å². The standard InChI is InChI=1S/C24H25N5O4S/c1-15-16(2)27-29(17(15)3)23-14-24(26-18(4)25-23)33-21-8-6-19(7-9-21)28-34(30,31)22-12-10-20(32-5)11-13-22/h6-14,28H,1-5H3. The van der Waals surface area contributed by atoms with Crippen molar-refractivity contribution in [2.45, 2.75) is 32.6 Å². The third kappa shape index (κ3) is 4.86. The van der Waals surface area contributed by atoms with Crippen LogP contribution in [0.3, 0.4) is 0 Å². The Hall–Kier alpha value is -3.92. The quantitative estimate of drug-likeness (QED) is 0.416. The molecule has 0 aliphatic heterocycles. The molecular weight excluding hydrogens is 454 g/mol. The van der Waals surface area contributed by atoms with Crippen LogP contribution in [-0.2, 0) is 10.0 Å². The maximum Gasteiger partial charge on any atom is 0.261 e. The van der Waals surface area contributed by atoms with Crippen LogP contribution >= 0.6 is 0 Å². The highest BCUT2D eigenvalue weighted by Gasteiger charge is 2.15. The number of hydrogen-bond acceptors (Lipinski definition) is 7. The molecule has 0 bridgehead atoms. The number of sulfonamides is 1. The molecule has 0 spiro atoms. The second-order valence-electron chi connectivity index (χ2n) is 7.73. The first-order chi connectivity index (χ1) is 16.2. The van der Waals surface area contributed by atoms with Crippen LogP contribution in [0, 0.1) is 27.7 Å². The Balaban J connectivity index is 1.51. The minimum atomic E-state index is -3.73. The number of nitrogens with zero attached hydrogens (tertiary/aromatic N) is 4. The largest absolute Gasteiger partial charge is 0.497 e. The van der Waals surface area contributed by atoms with Gasteiger partial charge in [-0.2, -0.15) is 10.1 Å². The minimum Gasteiger partial charge on any atom is -0.497 e. The second kappa shape index (κ2) is 9.14. The molecule has 2 heterocycles. The molecule has 9 nitrogen and oxygen atoms in total. The maximum absolute atomic E-state index is 12.6. The normalized spacial score (nSPS) is 11.3. The Morgan fingerprint density at radius 2 is 1.53 bits per heavy atom. The highest BCUT2D eigenvalue weighted by Crippen LogP contribution is 2.25. The zero-order valence-corrected chi connectivity index (χ0v) is 20.3. The lowest BCUT2D eigenvalue weighted by atomic mass is 10.2. The molecule has 34 heavy (non-hydrogen) atoms. The SMILES string of the molecule is COc1ccc(S(=O)(=O)Nc2ccc(Oc3cc(-n4nc(C)c(C)c4C)nc(C)n3)cc2)cc1. The van der Waals surface area contributed by atoms with Gasteiger partial charge in [-0.3, -0.25) is 4.72 Å². The molecule has 0 aliphatic carbocycles. The van der Waals surface area contributed by atoms with E-state index in [1.54, 1.807) is 54.1 Å². The summed E-state index contributed by atoms with van der Waals surface area (Å²) in [5.41, 5.74) is 3.44. The number of rotatable bonds is 7. The monoisotopic (exact) mass is 479 g/mol. The summed E-state index contributed by atoms with van der Waals surface area (Å²) in [7, 11) is -2.21. The van der Waals surface area contributed by atoms with E-state index < -0.39 is 10.0 Å². The fraction of sp³-hybridized carbons (Fsp3) is 0.208. The van der Waals surface area contributed by atoms with E-state index in [4.69, 9.17) is 9.47 Å². The van der Waals surface area contributed by atoms with Crippen molar-refractivity contribution < 1.29 is 17.9 Å². The van der Waals surface area contributed by atoms with E-state index in [1.807, 2.05) is 20.8 Å². The lowest BCUT2D eigenvalue weighted by Crippen LogP contribution is -2.12. The third-order valence-electron chi connectivity index (χ3n) is 5.37. The van der Waals surface area contributed by atoms with Crippen LogP contribution < -0.4 is 14.2 Å². The Kier molecular flexibility index (Phi) is 6.25. The number of methoxy groups -OCH3 is 1. The van der Waals surface area contributed by atoms with Gasteiger partial charge in [0.2, 0.25) is 5.88 Å². The molecule has 0 amide bonds. The molecule has 2 aromatic heterocycles. The summed E-state index contributed by atoms with van der Waals surface area (Å²) in [5.74, 6) is 2.60. The van der Waals surface area contributed by atoms with Gasteiger partial charge in [0, 0.05) is 17.4 Å². The number of aryl methyl sites for hydroxylation is 2. The van der Waals surface area contributed by atoms with Gasteiger partial charge < -0.3 is 9.47 Å². The number of benzene rings is 2. The average Bonchev–Trinajstić information content (AvgIpc) is 3.07. The van der Waals surface area contributed by atoms with Crippen molar-refractivity contribution in [1.82, 2.24) is 19.7 Å². The first kappa shape index (κ1) is 23.2. The number of aromatic nitrogens is 4. The van der Waals surface area contributed by atoms with Crippen molar-refractivity contribution in [2.24, 2.45) is 0 Å². The van der Waals surface area contributed by atoms with E-state index in [1.165, 1.54) is 19.2 Å². The highest BCUT2D eigenvalue weighted by atomic mass is 32.2. The lowest BCUT2D eigenvalue weighted by molar-refractivity contribution is 0.414. The third-order valence-corrected chi connectivity index (χ3v) is 6.77. The van der Waals surface area contributed by atoms with Gasteiger partial charge in [-0.25, -0.2) is 18.1 Å². The summed E-state index contributed by atoms with van der Waals surface area (Å²) in [6.07, 6.45) is 0. The average molecular weight is 480 g/mol. The molecule has 0 saturated heterocycles. The number of ether oxygens (including phenoxy) is 2. The fourth-order valence-corrected chi connectivity index (χ4v) is 4.37.